The lowest BCUT2D eigenvalue weighted by Gasteiger charge is -2.38. The van der Waals surface area contributed by atoms with E-state index < -0.39 is 11.2 Å². The van der Waals surface area contributed by atoms with Crippen LogP contribution in [0, 0.1) is 17.0 Å². The molecule has 2 atom stereocenters. The molecule has 0 unspecified atom stereocenters. The normalized spacial score (nSPS) is 20.3. The Labute approximate surface area is 174 Å². The number of aryl methyl sites for hydroxylation is 1. The van der Waals surface area contributed by atoms with Crippen molar-refractivity contribution in [3.8, 4) is 5.75 Å². The number of halogens is 1. The van der Waals surface area contributed by atoms with E-state index in [2.05, 4.69) is 27.4 Å². The van der Waals surface area contributed by atoms with Crippen molar-refractivity contribution in [2.45, 2.75) is 19.2 Å². The van der Waals surface area contributed by atoms with E-state index in [4.69, 9.17) is 9.15 Å². The Balaban J connectivity index is 1.57. The summed E-state index contributed by atoms with van der Waals surface area (Å²) in [5.74, 6) is 2.35. The van der Waals surface area contributed by atoms with Gasteiger partial charge in [0.15, 0.2) is 12.0 Å². The lowest BCUT2D eigenvalue weighted by atomic mass is 10.0. The number of rotatable bonds is 3. The first-order chi connectivity index (χ1) is 14.0. The molecule has 0 aliphatic carbocycles. The van der Waals surface area contributed by atoms with Gasteiger partial charge in [0.1, 0.15) is 11.5 Å². The number of ether oxygens (including phenoxy) is 1. The van der Waals surface area contributed by atoms with E-state index in [1.165, 1.54) is 12.1 Å². The van der Waals surface area contributed by atoms with Crippen LogP contribution >= 0.6 is 15.9 Å². The van der Waals surface area contributed by atoms with Crippen LogP contribution in [0.25, 0.3) is 5.70 Å². The monoisotopic (exact) mass is 453 g/mol. The predicted octanol–water partition coefficient (Wildman–Crippen LogP) is 5.25. The van der Waals surface area contributed by atoms with Crippen molar-refractivity contribution in [2.75, 3.05) is 0 Å². The summed E-state index contributed by atoms with van der Waals surface area (Å²) in [6, 6.07) is 16.1. The molecule has 146 valence electrons. The van der Waals surface area contributed by atoms with E-state index in [9.17, 15) is 10.1 Å². The first-order valence-corrected chi connectivity index (χ1v) is 9.83. The second-order valence-electron chi connectivity index (χ2n) is 6.96. The van der Waals surface area contributed by atoms with E-state index >= 15 is 0 Å². The fourth-order valence-corrected chi connectivity index (χ4v) is 4.05. The number of nitrogens with one attached hydrogen (secondary N) is 1. The largest absolute Gasteiger partial charge is 0.469 e. The Morgan fingerprint density at radius 1 is 1.14 bits per heavy atom. The van der Waals surface area contributed by atoms with Gasteiger partial charge in [-0.3, -0.25) is 10.1 Å². The van der Waals surface area contributed by atoms with E-state index in [-0.39, 0.29) is 11.7 Å². The smallest absolute Gasteiger partial charge is 0.269 e. The molecule has 29 heavy (non-hydrogen) atoms. The minimum absolute atomic E-state index is 0.0460. The molecule has 0 saturated heterocycles. The first-order valence-electron chi connectivity index (χ1n) is 9.04. The zero-order chi connectivity index (χ0) is 20.1. The summed E-state index contributed by atoms with van der Waals surface area (Å²) in [6.07, 6.45) is 1.64. The van der Waals surface area contributed by atoms with E-state index in [0.717, 1.165) is 38.6 Å². The zero-order valence-electron chi connectivity index (χ0n) is 15.3. The second kappa shape index (κ2) is 6.75. The minimum atomic E-state index is -0.459. The quantitative estimate of drug-likeness (QED) is 0.430. The number of nitrogens with zero attached hydrogens (tertiary/aromatic N) is 2. The third-order valence-electron chi connectivity index (χ3n) is 5.05. The standard InChI is InChI=1S/C21H16BrN3O4/c1-12-2-8-20(28-12)17-11-18-16-10-14(22)5-9-19(16)29-21(24(18)23-17)13-3-6-15(7-4-13)25(26)27/h2-11,18,21,23H,1H3/t18-,21+/m1/s1. The third-order valence-corrected chi connectivity index (χ3v) is 5.54. The van der Waals surface area contributed by atoms with E-state index in [0.29, 0.717) is 0 Å². The highest BCUT2D eigenvalue weighted by molar-refractivity contribution is 9.10. The number of nitro groups is 1. The summed E-state index contributed by atoms with van der Waals surface area (Å²) in [6.45, 7) is 1.90. The van der Waals surface area contributed by atoms with Crippen LogP contribution < -0.4 is 10.2 Å². The summed E-state index contributed by atoms with van der Waals surface area (Å²) >= 11 is 3.53. The highest BCUT2D eigenvalue weighted by Gasteiger charge is 2.40. The van der Waals surface area contributed by atoms with Crippen LogP contribution in [0.15, 0.2) is 69.6 Å². The third kappa shape index (κ3) is 3.10. The average molecular weight is 454 g/mol. The van der Waals surface area contributed by atoms with Gasteiger partial charge < -0.3 is 14.6 Å². The van der Waals surface area contributed by atoms with Gasteiger partial charge in [-0.1, -0.05) is 15.9 Å². The number of benzene rings is 2. The molecule has 5 rings (SSSR count). The van der Waals surface area contributed by atoms with Gasteiger partial charge in [0.05, 0.1) is 16.7 Å². The maximum absolute atomic E-state index is 11.0. The van der Waals surface area contributed by atoms with Crippen molar-refractivity contribution in [1.29, 1.82) is 0 Å². The molecule has 1 aromatic heterocycles. The molecule has 0 bridgehead atoms. The fraction of sp³-hybridized carbons (Fsp3) is 0.143. The van der Waals surface area contributed by atoms with Crippen molar-refractivity contribution in [2.24, 2.45) is 0 Å². The highest BCUT2D eigenvalue weighted by Crippen LogP contribution is 2.46. The molecule has 1 N–H and O–H groups in total. The van der Waals surface area contributed by atoms with Crippen LogP contribution in [0.2, 0.25) is 0 Å². The number of nitro benzene ring substituents is 1. The predicted molar refractivity (Wildman–Crippen MR) is 110 cm³/mol. The van der Waals surface area contributed by atoms with Crippen LogP contribution in [0.5, 0.6) is 5.75 Å². The second-order valence-corrected chi connectivity index (χ2v) is 7.87. The Morgan fingerprint density at radius 2 is 1.93 bits per heavy atom. The number of furan rings is 1. The van der Waals surface area contributed by atoms with Gasteiger partial charge in [-0.15, -0.1) is 0 Å². The van der Waals surface area contributed by atoms with Crippen LogP contribution in [0.1, 0.15) is 34.9 Å². The van der Waals surface area contributed by atoms with Crippen molar-refractivity contribution in [1.82, 2.24) is 10.4 Å². The lowest BCUT2D eigenvalue weighted by molar-refractivity contribution is -0.384. The Morgan fingerprint density at radius 3 is 2.62 bits per heavy atom. The molecule has 7 nitrogen and oxygen atoms in total. The number of hydrazine groups is 1. The van der Waals surface area contributed by atoms with Crippen molar-refractivity contribution in [3.63, 3.8) is 0 Å². The van der Waals surface area contributed by atoms with Crippen molar-refractivity contribution in [3.05, 3.63) is 97.9 Å². The molecule has 2 aliphatic heterocycles. The lowest BCUT2D eigenvalue weighted by Crippen LogP contribution is -2.43. The average Bonchev–Trinajstić information content (AvgIpc) is 3.34. The van der Waals surface area contributed by atoms with Crippen LogP contribution in [-0.4, -0.2) is 9.93 Å². The maximum Gasteiger partial charge on any atom is 0.269 e. The molecule has 0 amide bonds. The Hall–Kier alpha value is -3.10. The van der Waals surface area contributed by atoms with Crippen molar-refractivity contribution < 1.29 is 14.1 Å². The van der Waals surface area contributed by atoms with Gasteiger partial charge in [0.2, 0.25) is 0 Å². The van der Waals surface area contributed by atoms with Gasteiger partial charge in [0, 0.05) is 27.7 Å². The number of hydrogen-bond acceptors (Lipinski definition) is 6. The molecule has 8 heteroatoms. The van der Waals surface area contributed by atoms with Gasteiger partial charge in [-0.05, 0) is 55.5 Å². The zero-order valence-corrected chi connectivity index (χ0v) is 16.9. The molecule has 0 radical (unpaired) electrons. The number of non-ortho nitro benzene ring substituents is 1. The maximum atomic E-state index is 11.0. The number of hydrogen-bond donors (Lipinski definition) is 1. The topological polar surface area (TPSA) is 80.8 Å². The molecular formula is C21H16BrN3O4. The number of fused-ring (bicyclic) bond motifs is 3. The molecule has 2 aromatic carbocycles. The van der Waals surface area contributed by atoms with E-state index in [1.807, 2.05) is 42.3 Å². The molecule has 0 spiro atoms. The van der Waals surface area contributed by atoms with Crippen LogP contribution in [-0.2, 0) is 0 Å². The summed E-state index contributed by atoms with van der Waals surface area (Å²) in [5, 5.41) is 13.0. The van der Waals surface area contributed by atoms with Gasteiger partial charge >= 0.3 is 0 Å². The molecule has 0 saturated carbocycles. The fourth-order valence-electron chi connectivity index (χ4n) is 3.67. The summed E-state index contributed by atoms with van der Waals surface area (Å²) in [5.41, 5.74) is 6.12. The molecule has 3 aromatic rings. The summed E-state index contributed by atoms with van der Waals surface area (Å²) in [4.78, 5) is 10.6. The Bertz CT molecular complexity index is 1140. The summed E-state index contributed by atoms with van der Waals surface area (Å²) in [7, 11) is 0. The first kappa shape index (κ1) is 18.0. The molecule has 3 heterocycles. The Kier molecular flexibility index (Phi) is 4.18. The van der Waals surface area contributed by atoms with Gasteiger partial charge in [0.25, 0.3) is 5.69 Å². The van der Waals surface area contributed by atoms with E-state index in [1.54, 1.807) is 12.1 Å². The van der Waals surface area contributed by atoms with Gasteiger partial charge in [-0.25, -0.2) is 0 Å². The molecule has 0 fully saturated rings. The summed E-state index contributed by atoms with van der Waals surface area (Å²) < 4.78 is 13.0. The SMILES string of the molecule is Cc1ccc(C2=C[C@@H]3c4cc(Br)ccc4O[C@@H](c4ccc([N+](=O)[O-])cc4)N3N2)o1. The molecule has 2 aliphatic rings. The molecular weight excluding hydrogens is 438 g/mol. The highest BCUT2D eigenvalue weighted by atomic mass is 79.9. The van der Waals surface area contributed by atoms with Gasteiger partial charge in [-0.2, -0.15) is 5.01 Å². The van der Waals surface area contributed by atoms with Crippen molar-refractivity contribution >= 4 is 27.3 Å². The minimum Gasteiger partial charge on any atom is -0.469 e. The van der Waals surface area contributed by atoms with Crippen LogP contribution in [0.4, 0.5) is 5.69 Å². The van der Waals surface area contributed by atoms with Crippen LogP contribution in [0.3, 0.4) is 0 Å².